The molecule has 2 unspecified atom stereocenters. The van der Waals surface area contributed by atoms with Gasteiger partial charge in [-0.3, -0.25) is 4.90 Å². The molecule has 0 spiro atoms. The van der Waals surface area contributed by atoms with Crippen LogP contribution in [0.4, 0.5) is 0 Å². The minimum Gasteiger partial charge on any atom is -0.393 e. The second kappa shape index (κ2) is 8.87. The van der Waals surface area contributed by atoms with Crippen LogP contribution in [0.1, 0.15) is 104 Å². The minimum atomic E-state index is -0.0973. The van der Waals surface area contributed by atoms with E-state index in [0.717, 1.165) is 31.1 Å². The number of likely N-dealkylation sites (tertiary alicyclic amines) is 1. The molecule has 1 heterocycles. The van der Waals surface area contributed by atoms with E-state index in [1.807, 2.05) is 0 Å². The van der Waals surface area contributed by atoms with Crippen molar-refractivity contribution in [2.45, 2.75) is 116 Å². The van der Waals surface area contributed by atoms with E-state index in [-0.39, 0.29) is 6.10 Å². The van der Waals surface area contributed by atoms with Crippen LogP contribution in [0.15, 0.2) is 23.3 Å². The average Bonchev–Trinajstić information content (AvgIpc) is 3.02. The Balaban J connectivity index is 1.41. The number of nitrogens with zero attached hydrogens (tertiary/aromatic N) is 1. The summed E-state index contributed by atoms with van der Waals surface area (Å²) in [6.45, 7) is 10.2. The summed E-state index contributed by atoms with van der Waals surface area (Å²) in [5, 5.41) is 9.98. The molecule has 1 N–H and O–H groups in total. The SMILES string of the molecule is CC12CCC/C(=C\C=C3\CCC[C@H](O)C3)C1CC[C@@H]2CCN1CCCCC1(C)C. The van der Waals surface area contributed by atoms with E-state index in [2.05, 4.69) is 37.8 Å². The van der Waals surface area contributed by atoms with Gasteiger partial charge in [-0.25, -0.2) is 0 Å². The van der Waals surface area contributed by atoms with E-state index < -0.39 is 0 Å². The molecule has 4 atom stereocenters. The van der Waals surface area contributed by atoms with Gasteiger partial charge in [-0.05, 0) is 121 Å². The first-order valence-corrected chi connectivity index (χ1v) is 12.7. The summed E-state index contributed by atoms with van der Waals surface area (Å²) >= 11 is 0. The second-order valence-electron chi connectivity index (χ2n) is 11.5. The van der Waals surface area contributed by atoms with Crippen molar-refractivity contribution < 1.29 is 5.11 Å². The first kappa shape index (κ1) is 21.6. The monoisotopic (exact) mass is 399 g/mol. The van der Waals surface area contributed by atoms with Crippen LogP contribution in [0, 0.1) is 17.3 Å². The lowest BCUT2D eigenvalue weighted by Crippen LogP contribution is -2.48. The number of aliphatic hydroxyl groups is 1. The third-order valence-corrected chi connectivity index (χ3v) is 9.30. The fraction of sp³-hybridized carbons (Fsp3) is 0.852. The molecule has 3 aliphatic carbocycles. The number of hydrogen-bond donors (Lipinski definition) is 1. The molecule has 4 fully saturated rings. The van der Waals surface area contributed by atoms with Crippen LogP contribution in [0.5, 0.6) is 0 Å². The van der Waals surface area contributed by atoms with Crippen molar-refractivity contribution in [3.05, 3.63) is 23.3 Å². The summed E-state index contributed by atoms with van der Waals surface area (Å²) in [6, 6.07) is 0. The largest absolute Gasteiger partial charge is 0.393 e. The molecule has 2 heteroatoms. The lowest BCUT2D eigenvalue weighted by atomic mass is 9.63. The van der Waals surface area contributed by atoms with Crippen molar-refractivity contribution in [3.63, 3.8) is 0 Å². The van der Waals surface area contributed by atoms with Crippen LogP contribution in [0.3, 0.4) is 0 Å². The van der Waals surface area contributed by atoms with Crippen molar-refractivity contribution in [3.8, 4) is 0 Å². The van der Waals surface area contributed by atoms with E-state index in [1.165, 1.54) is 82.9 Å². The van der Waals surface area contributed by atoms with Crippen molar-refractivity contribution in [2.75, 3.05) is 13.1 Å². The van der Waals surface area contributed by atoms with Gasteiger partial charge in [0, 0.05) is 5.54 Å². The maximum atomic E-state index is 9.98. The summed E-state index contributed by atoms with van der Waals surface area (Å²) < 4.78 is 0. The molecule has 164 valence electrons. The van der Waals surface area contributed by atoms with Gasteiger partial charge in [0.05, 0.1) is 6.10 Å². The van der Waals surface area contributed by atoms with Gasteiger partial charge in [-0.15, -0.1) is 0 Å². The topological polar surface area (TPSA) is 23.5 Å². The van der Waals surface area contributed by atoms with E-state index in [9.17, 15) is 5.11 Å². The highest BCUT2D eigenvalue weighted by Crippen LogP contribution is 2.58. The number of aliphatic hydroxyl groups excluding tert-OH is 1. The summed E-state index contributed by atoms with van der Waals surface area (Å²) in [7, 11) is 0. The van der Waals surface area contributed by atoms with Crippen LogP contribution in [0.25, 0.3) is 0 Å². The predicted octanol–water partition coefficient (Wildman–Crippen LogP) is 6.65. The standard InChI is InChI=1S/C27H45NO/c1-26(2)16-4-5-18-28(26)19-15-23-13-14-25-22(9-7-17-27(23,25)3)12-11-21-8-6-10-24(29)20-21/h11-12,23-25,29H,4-10,13-20H2,1-3H3/b21-11-,22-12+/t23-,24+,25?,27?/m1/s1. The number of fused-ring (bicyclic) bond motifs is 1. The maximum absolute atomic E-state index is 9.98. The number of rotatable bonds is 4. The fourth-order valence-electron chi connectivity index (χ4n) is 7.32. The van der Waals surface area contributed by atoms with Crippen LogP contribution >= 0.6 is 0 Å². The average molecular weight is 400 g/mol. The van der Waals surface area contributed by atoms with Gasteiger partial charge < -0.3 is 5.11 Å². The van der Waals surface area contributed by atoms with E-state index in [1.54, 1.807) is 5.57 Å². The number of hydrogen-bond acceptors (Lipinski definition) is 2. The molecule has 0 aromatic heterocycles. The Labute approximate surface area is 179 Å². The van der Waals surface area contributed by atoms with Gasteiger partial charge in [0.25, 0.3) is 0 Å². The molecule has 0 radical (unpaired) electrons. The van der Waals surface area contributed by atoms with Gasteiger partial charge in [0.1, 0.15) is 0 Å². The zero-order valence-electron chi connectivity index (χ0n) is 19.4. The predicted molar refractivity (Wildman–Crippen MR) is 123 cm³/mol. The highest BCUT2D eigenvalue weighted by Gasteiger charge is 2.49. The Kier molecular flexibility index (Phi) is 6.61. The van der Waals surface area contributed by atoms with Crippen molar-refractivity contribution in [1.29, 1.82) is 0 Å². The Morgan fingerprint density at radius 2 is 1.83 bits per heavy atom. The zero-order valence-corrected chi connectivity index (χ0v) is 19.4. The lowest BCUT2D eigenvalue weighted by Gasteiger charge is -2.45. The second-order valence-corrected chi connectivity index (χ2v) is 11.5. The molecule has 4 aliphatic rings. The summed E-state index contributed by atoms with van der Waals surface area (Å²) in [5.41, 5.74) is 4.14. The minimum absolute atomic E-state index is 0.0973. The Morgan fingerprint density at radius 3 is 2.62 bits per heavy atom. The van der Waals surface area contributed by atoms with Gasteiger partial charge in [-0.2, -0.15) is 0 Å². The summed E-state index contributed by atoms with van der Waals surface area (Å²) in [4.78, 5) is 2.80. The molecule has 0 amide bonds. The molecule has 0 bridgehead atoms. The van der Waals surface area contributed by atoms with Crippen molar-refractivity contribution >= 4 is 0 Å². The maximum Gasteiger partial charge on any atom is 0.0577 e. The smallest absolute Gasteiger partial charge is 0.0577 e. The van der Waals surface area contributed by atoms with Crippen molar-refractivity contribution in [1.82, 2.24) is 4.90 Å². The fourth-order valence-corrected chi connectivity index (χ4v) is 7.32. The third-order valence-electron chi connectivity index (χ3n) is 9.30. The van der Waals surface area contributed by atoms with Gasteiger partial charge in [-0.1, -0.05) is 36.6 Å². The van der Waals surface area contributed by atoms with Gasteiger partial charge in [0.15, 0.2) is 0 Å². The normalized spacial score (nSPS) is 41.0. The molecule has 1 aliphatic heterocycles. The van der Waals surface area contributed by atoms with Crippen LogP contribution < -0.4 is 0 Å². The molecule has 2 nitrogen and oxygen atoms in total. The molecular weight excluding hydrogens is 354 g/mol. The van der Waals surface area contributed by atoms with E-state index >= 15 is 0 Å². The Bertz CT molecular complexity index is 632. The molecule has 29 heavy (non-hydrogen) atoms. The van der Waals surface area contributed by atoms with E-state index in [4.69, 9.17) is 0 Å². The molecule has 0 aromatic carbocycles. The molecular formula is C27H45NO. The molecule has 1 saturated heterocycles. The summed E-state index contributed by atoms with van der Waals surface area (Å²) in [5.74, 6) is 1.71. The molecule has 3 saturated carbocycles. The van der Waals surface area contributed by atoms with E-state index in [0.29, 0.717) is 11.0 Å². The lowest BCUT2D eigenvalue weighted by molar-refractivity contribution is 0.0542. The van der Waals surface area contributed by atoms with Crippen LogP contribution in [-0.4, -0.2) is 34.7 Å². The number of piperidine rings is 1. The third kappa shape index (κ3) is 4.69. The highest BCUT2D eigenvalue weighted by molar-refractivity contribution is 5.25. The van der Waals surface area contributed by atoms with Crippen LogP contribution in [0.2, 0.25) is 0 Å². The Morgan fingerprint density at radius 1 is 0.966 bits per heavy atom. The Hall–Kier alpha value is -0.600. The quantitative estimate of drug-likeness (QED) is 0.572. The zero-order chi connectivity index (χ0) is 20.5. The first-order chi connectivity index (χ1) is 13.9. The van der Waals surface area contributed by atoms with Gasteiger partial charge >= 0.3 is 0 Å². The van der Waals surface area contributed by atoms with Crippen molar-refractivity contribution in [2.24, 2.45) is 17.3 Å². The molecule has 4 rings (SSSR count). The number of allylic oxidation sites excluding steroid dienone is 3. The van der Waals surface area contributed by atoms with Crippen LogP contribution in [-0.2, 0) is 0 Å². The first-order valence-electron chi connectivity index (χ1n) is 12.7. The molecule has 0 aromatic rings. The summed E-state index contributed by atoms with van der Waals surface area (Å²) in [6.07, 6.45) is 21.5. The highest BCUT2D eigenvalue weighted by atomic mass is 16.3. The van der Waals surface area contributed by atoms with Gasteiger partial charge in [0.2, 0.25) is 0 Å².